The Morgan fingerprint density at radius 1 is 1.32 bits per heavy atom. The van der Waals surface area contributed by atoms with Gasteiger partial charge in [0.05, 0.1) is 11.8 Å². The van der Waals surface area contributed by atoms with Crippen molar-refractivity contribution in [3.8, 4) is 11.1 Å². The average Bonchev–Trinajstić information content (AvgIpc) is 3.00. The zero-order valence-electron chi connectivity index (χ0n) is 11.6. The van der Waals surface area contributed by atoms with E-state index in [1.807, 2.05) is 0 Å². The summed E-state index contributed by atoms with van der Waals surface area (Å²) in [7, 11) is 0. The number of carboxylic acids is 1. The molecule has 1 aromatic heterocycles. The molecular formula is C15H14F2N2O3. The molecule has 1 aromatic carbocycles. The first-order chi connectivity index (χ1) is 10.6. The second-order valence-electron chi connectivity index (χ2n) is 5.12. The predicted molar refractivity (Wildman–Crippen MR) is 73.4 cm³/mol. The minimum atomic E-state index is -1.51. The summed E-state index contributed by atoms with van der Waals surface area (Å²) in [5, 5.41) is 12.9. The van der Waals surface area contributed by atoms with Gasteiger partial charge in [-0.05, 0) is 25.3 Å². The molecule has 2 heterocycles. The fourth-order valence-corrected chi connectivity index (χ4v) is 2.50. The van der Waals surface area contributed by atoms with Crippen LogP contribution in [0.2, 0.25) is 0 Å². The van der Waals surface area contributed by atoms with Gasteiger partial charge in [-0.15, -0.1) is 0 Å². The van der Waals surface area contributed by atoms with Crippen molar-refractivity contribution >= 4 is 5.97 Å². The maximum Gasteiger partial charge on any atom is 0.338 e. The van der Waals surface area contributed by atoms with Crippen LogP contribution in [0.5, 0.6) is 0 Å². The molecule has 0 radical (unpaired) electrons. The SMILES string of the molecule is O=C(O)c1ccc(-c2cnn(C3CCCCO3)c2)c(F)c1F. The van der Waals surface area contributed by atoms with Crippen molar-refractivity contribution in [3.05, 3.63) is 41.7 Å². The molecule has 0 aliphatic carbocycles. The van der Waals surface area contributed by atoms with E-state index in [0.29, 0.717) is 12.2 Å². The van der Waals surface area contributed by atoms with E-state index in [1.54, 1.807) is 10.9 Å². The molecule has 1 unspecified atom stereocenters. The van der Waals surface area contributed by atoms with Gasteiger partial charge in [0.1, 0.15) is 6.23 Å². The molecule has 5 nitrogen and oxygen atoms in total. The number of aromatic nitrogens is 2. The van der Waals surface area contributed by atoms with Crippen LogP contribution >= 0.6 is 0 Å². The van der Waals surface area contributed by atoms with Gasteiger partial charge in [-0.2, -0.15) is 5.10 Å². The minimum Gasteiger partial charge on any atom is -0.478 e. The Balaban J connectivity index is 1.93. The normalized spacial score (nSPS) is 18.4. The second-order valence-corrected chi connectivity index (χ2v) is 5.12. The summed E-state index contributed by atoms with van der Waals surface area (Å²) in [5.41, 5.74) is -0.337. The van der Waals surface area contributed by atoms with E-state index in [-0.39, 0.29) is 11.8 Å². The summed E-state index contributed by atoms with van der Waals surface area (Å²) in [4.78, 5) is 10.8. The molecule has 0 saturated carbocycles. The van der Waals surface area contributed by atoms with Crippen LogP contribution in [0.3, 0.4) is 0 Å². The van der Waals surface area contributed by atoms with Gasteiger partial charge in [-0.1, -0.05) is 6.07 Å². The zero-order valence-corrected chi connectivity index (χ0v) is 11.6. The molecule has 1 atom stereocenters. The Morgan fingerprint density at radius 3 is 2.82 bits per heavy atom. The number of nitrogens with zero attached hydrogens (tertiary/aromatic N) is 2. The van der Waals surface area contributed by atoms with E-state index in [4.69, 9.17) is 9.84 Å². The van der Waals surface area contributed by atoms with Gasteiger partial charge in [-0.25, -0.2) is 18.3 Å². The van der Waals surface area contributed by atoms with Gasteiger partial charge >= 0.3 is 5.97 Å². The van der Waals surface area contributed by atoms with Crippen LogP contribution < -0.4 is 0 Å². The third-order valence-electron chi connectivity index (χ3n) is 3.68. The lowest BCUT2D eigenvalue weighted by molar-refractivity contribution is -0.0394. The molecule has 7 heteroatoms. The van der Waals surface area contributed by atoms with Crippen molar-refractivity contribution in [2.24, 2.45) is 0 Å². The van der Waals surface area contributed by atoms with Crippen molar-refractivity contribution in [3.63, 3.8) is 0 Å². The van der Waals surface area contributed by atoms with E-state index in [9.17, 15) is 13.6 Å². The molecule has 0 bridgehead atoms. The van der Waals surface area contributed by atoms with Crippen molar-refractivity contribution in [2.75, 3.05) is 6.61 Å². The average molecular weight is 308 g/mol. The number of rotatable bonds is 3. The van der Waals surface area contributed by atoms with Crippen LogP contribution in [0, 0.1) is 11.6 Å². The van der Waals surface area contributed by atoms with Crippen LogP contribution in [-0.2, 0) is 4.74 Å². The maximum atomic E-state index is 14.1. The van der Waals surface area contributed by atoms with Gasteiger partial charge in [0, 0.05) is 23.9 Å². The standard InChI is InChI=1S/C15H14F2N2O3/c16-13-10(4-5-11(14(13)17)15(20)21)9-7-18-19(8-9)12-3-1-2-6-22-12/h4-5,7-8,12H,1-3,6H2,(H,20,21). The van der Waals surface area contributed by atoms with Crippen LogP contribution in [0.15, 0.2) is 24.5 Å². The first-order valence-electron chi connectivity index (χ1n) is 6.95. The number of ether oxygens (including phenoxy) is 1. The second kappa shape index (κ2) is 5.84. The van der Waals surface area contributed by atoms with Gasteiger partial charge in [0.25, 0.3) is 0 Å². The fourth-order valence-electron chi connectivity index (χ4n) is 2.50. The van der Waals surface area contributed by atoms with E-state index in [1.165, 1.54) is 12.3 Å². The Bertz CT molecular complexity index is 709. The Morgan fingerprint density at radius 2 is 2.14 bits per heavy atom. The molecule has 1 aliphatic heterocycles. The number of hydrogen-bond acceptors (Lipinski definition) is 3. The highest BCUT2D eigenvalue weighted by atomic mass is 19.2. The zero-order chi connectivity index (χ0) is 15.7. The number of carboxylic acid groups (broad SMARTS) is 1. The largest absolute Gasteiger partial charge is 0.478 e. The number of halogens is 2. The third-order valence-corrected chi connectivity index (χ3v) is 3.68. The minimum absolute atomic E-state index is 0.0236. The van der Waals surface area contributed by atoms with Crippen LogP contribution in [-0.4, -0.2) is 27.5 Å². The van der Waals surface area contributed by atoms with Crippen LogP contribution in [0.25, 0.3) is 11.1 Å². The number of carbonyl (C=O) groups is 1. The smallest absolute Gasteiger partial charge is 0.338 e. The lowest BCUT2D eigenvalue weighted by atomic mass is 10.1. The van der Waals surface area contributed by atoms with Gasteiger partial charge in [0.2, 0.25) is 0 Å². The van der Waals surface area contributed by atoms with Crippen LogP contribution in [0.4, 0.5) is 8.78 Å². The summed E-state index contributed by atoms with van der Waals surface area (Å²) in [6.45, 7) is 0.649. The van der Waals surface area contributed by atoms with E-state index in [2.05, 4.69) is 5.10 Å². The number of aromatic carboxylic acids is 1. The van der Waals surface area contributed by atoms with Crippen molar-refractivity contribution in [1.29, 1.82) is 0 Å². The van der Waals surface area contributed by atoms with Gasteiger partial charge in [-0.3, -0.25) is 0 Å². The molecule has 0 spiro atoms. The van der Waals surface area contributed by atoms with E-state index in [0.717, 1.165) is 25.3 Å². The monoisotopic (exact) mass is 308 g/mol. The summed E-state index contributed by atoms with van der Waals surface area (Å²) in [5.74, 6) is -4.06. The number of benzene rings is 1. The van der Waals surface area contributed by atoms with Crippen LogP contribution in [0.1, 0.15) is 35.8 Å². The number of hydrogen-bond donors (Lipinski definition) is 1. The third kappa shape index (κ3) is 2.59. The lowest BCUT2D eigenvalue weighted by Crippen LogP contribution is -2.18. The maximum absolute atomic E-state index is 14.1. The van der Waals surface area contributed by atoms with Gasteiger partial charge < -0.3 is 9.84 Å². The first kappa shape index (κ1) is 14.6. The highest BCUT2D eigenvalue weighted by Gasteiger charge is 2.21. The molecule has 1 aliphatic rings. The molecule has 3 rings (SSSR count). The molecule has 116 valence electrons. The molecule has 2 aromatic rings. The topological polar surface area (TPSA) is 64.3 Å². The predicted octanol–water partition coefficient (Wildman–Crippen LogP) is 3.23. The molecule has 0 amide bonds. The summed E-state index contributed by atoms with van der Waals surface area (Å²) >= 11 is 0. The molecule has 22 heavy (non-hydrogen) atoms. The van der Waals surface area contributed by atoms with Crippen molar-refractivity contribution in [2.45, 2.75) is 25.5 Å². The Labute approximate surface area is 125 Å². The quantitative estimate of drug-likeness (QED) is 0.945. The Kier molecular flexibility index (Phi) is 3.89. The molecular weight excluding hydrogens is 294 g/mol. The fraction of sp³-hybridized carbons (Fsp3) is 0.333. The van der Waals surface area contributed by atoms with Crippen molar-refractivity contribution < 1.29 is 23.4 Å². The lowest BCUT2D eigenvalue weighted by Gasteiger charge is -2.22. The van der Waals surface area contributed by atoms with Gasteiger partial charge in [0.15, 0.2) is 11.6 Å². The van der Waals surface area contributed by atoms with E-state index < -0.39 is 23.2 Å². The summed E-state index contributed by atoms with van der Waals surface area (Å²) in [6, 6.07) is 2.29. The van der Waals surface area contributed by atoms with E-state index >= 15 is 0 Å². The highest BCUT2D eigenvalue weighted by Crippen LogP contribution is 2.28. The summed E-state index contributed by atoms with van der Waals surface area (Å²) < 4.78 is 35.0. The van der Waals surface area contributed by atoms with Crippen molar-refractivity contribution in [1.82, 2.24) is 9.78 Å². The highest BCUT2D eigenvalue weighted by molar-refractivity contribution is 5.88. The molecule has 1 fully saturated rings. The molecule has 1 N–H and O–H groups in total. The first-order valence-corrected chi connectivity index (χ1v) is 6.95. The summed E-state index contributed by atoms with van der Waals surface area (Å²) in [6.07, 6.45) is 5.63. The molecule has 1 saturated heterocycles. The Hall–Kier alpha value is -2.28.